The average molecular weight is 292 g/mol. The number of unbranched alkanes of at least 4 members (excludes halogenated alkanes) is 1. The maximum Gasteiger partial charge on any atom is 0.397 e. The Balaban J connectivity index is 4.20. The van der Waals surface area contributed by atoms with Gasteiger partial charge in [0.2, 0.25) is 0 Å². The Labute approximate surface area is 101 Å². The molecule has 0 bridgehead atoms. The minimum atomic E-state index is -4.59. The standard InChI is InChI=1S/C7H16O8S2/c1-2-3-4-7(15-17(11,12)13)5-6-14-16(8,9)10/h7H,2-6H2,1H3,(H,8,9,10)(H,11,12,13). The van der Waals surface area contributed by atoms with E-state index in [0.29, 0.717) is 12.8 Å². The Morgan fingerprint density at radius 3 is 2.06 bits per heavy atom. The molecule has 0 spiro atoms. The van der Waals surface area contributed by atoms with Gasteiger partial charge in [0, 0.05) is 0 Å². The molecule has 0 saturated heterocycles. The fourth-order valence-corrected chi connectivity index (χ4v) is 1.97. The Hall–Kier alpha value is -0.260. The van der Waals surface area contributed by atoms with E-state index in [2.05, 4.69) is 8.37 Å². The third kappa shape index (κ3) is 12.0. The molecule has 0 saturated carbocycles. The SMILES string of the molecule is CCCCC(CCOS(=O)(=O)O)OS(=O)(=O)O. The highest BCUT2D eigenvalue weighted by Gasteiger charge is 2.17. The predicted molar refractivity (Wildman–Crippen MR) is 58.1 cm³/mol. The van der Waals surface area contributed by atoms with Crippen molar-refractivity contribution in [2.75, 3.05) is 6.61 Å². The molecule has 0 aliphatic rings. The quantitative estimate of drug-likeness (QED) is 0.590. The first-order valence-electron chi connectivity index (χ1n) is 4.91. The van der Waals surface area contributed by atoms with Crippen LogP contribution in [0.2, 0.25) is 0 Å². The van der Waals surface area contributed by atoms with Gasteiger partial charge in [0.1, 0.15) is 0 Å². The van der Waals surface area contributed by atoms with Crippen molar-refractivity contribution in [2.45, 2.75) is 38.7 Å². The van der Waals surface area contributed by atoms with E-state index in [1.54, 1.807) is 0 Å². The summed E-state index contributed by atoms with van der Waals surface area (Å²) >= 11 is 0. The summed E-state index contributed by atoms with van der Waals surface area (Å²) in [7, 11) is -9.14. The van der Waals surface area contributed by atoms with Crippen LogP contribution in [0.3, 0.4) is 0 Å². The van der Waals surface area contributed by atoms with Crippen LogP contribution in [-0.4, -0.2) is 38.7 Å². The highest BCUT2D eigenvalue weighted by atomic mass is 32.3. The minimum Gasteiger partial charge on any atom is -0.264 e. The smallest absolute Gasteiger partial charge is 0.264 e. The van der Waals surface area contributed by atoms with Crippen molar-refractivity contribution in [3.8, 4) is 0 Å². The minimum absolute atomic E-state index is 0.0837. The van der Waals surface area contributed by atoms with Crippen molar-refractivity contribution in [2.24, 2.45) is 0 Å². The first-order chi connectivity index (χ1) is 7.64. The van der Waals surface area contributed by atoms with Crippen LogP contribution in [0, 0.1) is 0 Å². The highest BCUT2D eigenvalue weighted by Crippen LogP contribution is 2.12. The molecule has 8 nitrogen and oxygen atoms in total. The van der Waals surface area contributed by atoms with Crippen molar-refractivity contribution in [1.82, 2.24) is 0 Å². The second kappa shape index (κ2) is 7.24. The van der Waals surface area contributed by atoms with Gasteiger partial charge in [-0.05, 0) is 12.8 Å². The fraction of sp³-hybridized carbons (Fsp3) is 1.00. The van der Waals surface area contributed by atoms with Crippen molar-refractivity contribution in [3.05, 3.63) is 0 Å². The predicted octanol–water partition coefficient (Wildman–Crippen LogP) is 0.574. The van der Waals surface area contributed by atoms with E-state index in [0.717, 1.165) is 6.42 Å². The van der Waals surface area contributed by atoms with Crippen molar-refractivity contribution >= 4 is 20.8 Å². The van der Waals surface area contributed by atoms with Gasteiger partial charge in [0.15, 0.2) is 0 Å². The van der Waals surface area contributed by atoms with Crippen molar-refractivity contribution in [1.29, 1.82) is 0 Å². The molecule has 0 fully saturated rings. The van der Waals surface area contributed by atoms with Gasteiger partial charge in [-0.1, -0.05) is 19.8 Å². The molecule has 0 radical (unpaired) electrons. The summed E-state index contributed by atoms with van der Waals surface area (Å²) in [6, 6.07) is 0. The van der Waals surface area contributed by atoms with Gasteiger partial charge in [-0.3, -0.25) is 9.11 Å². The average Bonchev–Trinajstić information content (AvgIpc) is 2.09. The van der Waals surface area contributed by atoms with Gasteiger partial charge < -0.3 is 0 Å². The van der Waals surface area contributed by atoms with E-state index < -0.39 is 33.5 Å². The van der Waals surface area contributed by atoms with Crippen LogP contribution < -0.4 is 0 Å². The molecule has 1 unspecified atom stereocenters. The normalized spacial score (nSPS) is 14.8. The van der Waals surface area contributed by atoms with Gasteiger partial charge >= 0.3 is 20.8 Å². The Bertz CT molecular complexity index is 398. The molecular weight excluding hydrogens is 276 g/mol. The largest absolute Gasteiger partial charge is 0.397 e. The highest BCUT2D eigenvalue weighted by molar-refractivity contribution is 7.81. The van der Waals surface area contributed by atoms with Crippen LogP contribution in [0.5, 0.6) is 0 Å². The van der Waals surface area contributed by atoms with Gasteiger partial charge in [-0.25, -0.2) is 8.37 Å². The second-order valence-electron chi connectivity index (χ2n) is 3.33. The molecule has 10 heteroatoms. The number of hydrogen-bond donors (Lipinski definition) is 2. The number of rotatable bonds is 9. The van der Waals surface area contributed by atoms with E-state index in [1.165, 1.54) is 0 Å². The van der Waals surface area contributed by atoms with Crippen molar-refractivity contribution < 1.29 is 34.3 Å². The lowest BCUT2D eigenvalue weighted by Gasteiger charge is -2.14. The van der Waals surface area contributed by atoms with Crippen LogP contribution in [0.1, 0.15) is 32.6 Å². The first kappa shape index (κ1) is 16.7. The Morgan fingerprint density at radius 2 is 1.65 bits per heavy atom. The molecular formula is C7H16O8S2. The van der Waals surface area contributed by atoms with Crippen LogP contribution in [0.4, 0.5) is 0 Å². The van der Waals surface area contributed by atoms with E-state index in [4.69, 9.17) is 9.11 Å². The van der Waals surface area contributed by atoms with Gasteiger partial charge in [0.05, 0.1) is 12.7 Å². The molecule has 0 aromatic rings. The molecule has 104 valence electrons. The molecule has 0 aromatic carbocycles. The van der Waals surface area contributed by atoms with Gasteiger partial charge in [0.25, 0.3) is 0 Å². The molecule has 0 rings (SSSR count). The van der Waals surface area contributed by atoms with E-state index in [1.807, 2.05) is 6.92 Å². The van der Waals surface area contributed by atoms with E-state index in [-0.39, 0.29) is 6.42 Å². The van der Waals surface area contributed by atoms with Crippen LogP contribution in [0.15, 0.2) is 0 Å². The lowest BCUT2D eigenvalue weighted by atomic mass is 10.1. The molecule has 0 aromatic heterocycles. The maximum absolute atomic E-state index is 10.5. The molecule has 0 amide bonds. The van der Waals surface area contributed by atoms with Crippen LogP contribution in [-0.2, 0) is 29.2 Å². The van der Waals surface area contributed by atoms with Crippen LogP contribution >= 0.6 is 0 Å². The molecule has 2 N–H and O–H groups in total. The molecule has 17 heavy (non-hydrogen) atoms. The Morgan fingerprint density at radius 1 is 1.06 bits per heavy atom. The number of hydrogen-bond acceptors (Lipinski definition) is 6. The zero-order valence-corrected chi connectivity index (χ0v) is 10.9. The molecule has 0 aliphatic carbocycles. The van der Waals surface area contributed by atoms with Gasteiger partial charge in [-0.2, -0.15) is 16.8 Å². The topological polar surface area (TPSA) is 127 Å². The summed E-state index contributed by atoms with van der Waals surface area (Å²) in [6.07, 6.45) is 0.785. The third-order valence-corrected chi connectivity index (χ3v) is 2.79. The van der Waals surface area contributed by atoms with Crippen LogP contribution in [0.25, 0.3) is 0 Å². The maximum atomic E-state index is 10.5. The van der Waals surface area contributed by atoms with Gasteiger partial charge in [-0.15, -0.1) is 0 Å². The Kier molecular flexibility index (Phi) is 7.13. The zero-order valence-electron chi connectivity index (χ0n) is 9.27. The van der Waals surface area contributed by atoms with E-state index >= 15 is 0 Å². The molecule has 0 aliphatic heterocycles. The monoisotopic (exact) mass is 292 g/mol. The summed E-state index contributed by atoms with van der Waals surface area (Å²) < 4.78 is 66.6. The second-order valence-corrected chi connectivity index (χ2v) is 5.47. The summed E-state index contributed by atoms with van der Waals surface area (Å²) in [5.74, 6) is 0. The first-order valence-corrected chi connectivity index (χ1v) is 7.64. The summed E-state index contributed by atoms with van der Waals surface area (Å²) in [6.45, 7) is 1.45. The van der Waals surface area contributed by atoms with E-state index in [9.17, 15) is 16.8 Å². The fourth-order valence-electron chi connectivity index (χ4n) is 1.13. The molecule has 1 atom stereocenters. The zero-order chi connectivity index (χ0) is 13.5. The third-order valence-electron chi connectivity index (χ3n) is 1.81. The summed E-state index contributed by atoms with van der Waals surface area (Å²) in [4.78, 5) is 0. The van der Waals surface area contributed by atoms with Crippen molar-refractivity contribution in [3.63, 3.8) is 0 Å². The summed E-state index contributed by atoms with van der Waals surface area (Å²) in [5.41, 5.74) is 0. The lowest BCUT2D eigenvalue weighted by Crippen LogP contribution is -2.20. The lowest BCUT2D eigenvalue weighted by molar-refractivity contribution is 0.137. The summed E-state index contributed by atoms with van der Waals surface area (Å²) in [5, 5.41) is 0. The molecule has 0 heterocycles.